The third-order valence-electron chi connectivity index (χ3n) is 3.17. The zero-order chi connectivity index (χ0) is 15.0. The van der Waals surface area contributed by atoms with E-state index in [2.05, 4.69) is 15.2 Å². The number of methoxy groups -OCH3 is 1. The first-order valence-electron chi connectivity index (χ1n) is 6.11. The fourth-order valence-corrected chi connectivity index (χ4v) is 2.15. The number of benzene rings is 1. The first-order chi connectivity index (χ1) is 10.1. The summed E-state index contributed by atoms with van der Waals surface area (Å²) in [7, 11) is 1.47. The number of H-pyrrole nitrogens is 1. The predicted octanol–water partition coefficient (Wildman–Crippen LogP) is 1.44. The molecular weight excluding hydrogens is 272 g/mol. The predicted molar refractivity (Wildman–Crippen MR) is 76.1 cm³/mol. The van der Waals surface area contributed by atoms with Crippen LogP contribution in [0.1, 0.15) is 10.5 Å². The largest absolute Gasteiger partial charge is 0.504 e. The molecule has 1 amide bonds. The number of aromatic hydroxyl groups is 1. The van der Waals surface area contributed by atoms with E-state index in [0.717, 1.165) is 5.39 Å². The van der Waals surface area contributed by atoms with Gasteiger partial charge in [-0.05, 0) is 29.3 Å². The molecule has 0 atom stereocenters. The van der Waals surface area contributed by atoms with E-state index in [0.29, 0.717) is 22.5 Å². The molecular formula is C14H12N4O3. The molecule has 4 N–H and O–H groups in total. The Balaban J connectivity index is 2.25. The van der Waals surface area contributed by atoms with Gasteiger partial charge in [-0.3, -0.25) is 9.89 Å². The minimum absolute atomic E-state index is 0.00378. The summed E-state index contributed by atoms with van der Waals surface area (Å²) in [6.07, 6.45) is 1.60. The first-order valence-corrected chi connectivity index (χ1v) is 6.11. The average molecular weight is 284 g/mol. The van der Waals surface area contributed by atoms with Gasteiger partial charge in [-0.25, -0.2) is 4.98 Å². The fourth-order valence-electron chi connectivity index (χ4n) is 2.15. The molecule has 1 aromatic carbocycles. The van der Waals surface area contributed by atoms with Crippen LogP contribution in [0.25, 0.3) is 22.2 Å². The van der Waals surface area contributed by atoms with Crippen LogP contribution in [0.5, 0.6) is 11.5 Å². The Kier molecular flexibility index (Phi) is 2.94. The number of amides is 1. The Labute approximate surface area is 119 Å². The smallest absolute Gasteiger partial charge is 0.267 e. The monoisotopic (exact) mass is 284 g/mol. The van der Waals surface area contributed by atoms with Crippen molar-refractivity contribution < 1.29 is 14.6 Å². The maximum absolute atomic E-state index is 11.4. The molecule has 3 rings (SSSR count). The van der Waals surface area contributed by atoms with E-state index in [-0.39, 0.29) is 11.4 Å². The van der Waals surface area contributed by atoms with E-state index in [4.69, 9.17) is 10.5 Å². The normalized spacial score (nSPS) is 10.7. The van der Waals surface area contributed by atoms with Crippen molar-refractivity contribution in [3.8, 4) is 22.6 Å². The molecule has 0 unspecified atom stereocenters. The number of primary amides is 1. The van der Waals surface area contributed by atoms with Crippen molar-refractivity contribution in [3.05, 3.63) is 36.2 Å². The summed E-state index contributed by atoms with van der Waals surface area (Å²) in [6.45, 7) is 0. The number of fused-ring (bicyclic) bond motifs is 1. The summed E-state index contributed by atoms with van der Waals surface area (Å²) in [5.41, 5.74) is 7.26. The van der Waals surface area contributed by atoms with E-state index in [1.54, 1.807) is 30.5 Å². The number of carbonyl (C=O) groups is 1. The number of aromatic nitrogens is 3. The number of phenolic OH excluding ortho intramolecular Hbond substituents is 1. The second-order valence-corrected chi connectivity index (χ2v) is 4.44. The molecule has 0 bridgehead atoms. The highest BCUT2D eigenvalue weighted by molar-refractivity contribution is 5.99. The molecule has 21 heavy (non-hydrogen) atoms. The molecule has 0 saturated heterocycles. The maximum atomic E-state index is 11.4. The highest BCUT2D eigenvalue weighted by atomic mass is 16.5. The van der Waals surface area contributed by atoms with Gasteiger partial charge in [0.25, 0.3) is 5.91 Å². The van der Waals surface area contributed by atoms with Crippen LogP contribution < -0.4 is 10.5 Å². The van der Waals surface area contributed by atoms with E-state index in [9.17, 15) is 9.90 Å². The fraction of sp³-hybridized carbons (Fsp3) is 0.0714. The van der Waals surface area contributed by atoms with Crippen LogP contribution in [0, 0.1) is 0 Å². The molecule has 2 aromatic heterocycles. The van der Waals surface area contributed by atoms with E-state index < -0.39 is 5.91 Å². The molecule has 106 valence electrons. The number of rotatable bonds is 3. The number of hydrogen-bond acceptors (Lipinski definition) is 5. The van der Waals surface area contributed by atoms with Gasteiger partial charge in [-0.1, -0.05) is 6.07 Å². The molecule has 0 aliphatic heterocycles. The number of hydrogen-bond donors (Lipinski definition) is 3. The van der Waals surface area contributed by atoms with Crippen molar-refractivity contribution in [1.29, 1.82) is 0 Å². The van der Waals surface area contributed by atoms with Crippen LogP contribution in [-0.2, 0) is 0 Å². The summed E-state index contributed by atoms with van der Waals surface area (Å²) >= 11 is 0. The van der Waals surface area contributed by atoms with Crippen LogP contribution in [-0.4, -0.2) is 33.3 Å². The Bertz CT molecular complexity index is 841. The van der Waals surface area contributed by atoms with Gasteiger partial charge in [0.05, 0.1) is 13.3 Å². The van der Waals surface area contributed by atoms with Gasteiger partial charge in [0, 0.05) is 5.39 Å². The van der Waals surface area contributed by atoms with Crippen LogP contribution >= 0.6 is 0 Å². The van der Waals surface area contributed by atoms with E-state index in [1.165, 1.54) is 7.11 Å². The third kappa shape index (κ3) is 2.14. The number of nitrogens with one attached hydrogen (secondary N) is 1. The molecule has 0 aliphatic carbocycles. The number of nitrogens with zero attached hydrogens (tertiary/aromatic N) is 2. The van der Waals surface area contributed by atoms with Crippen LogP contribution in [0.15, 0.2) is 30.5 Å². The second-order valence-electron chi connectivity index (χ2n) is 4.44. The quantitative estimate of drug-likeness (QED) is 0.673. The lowest BCUT2D eigenvalue weighted by atomic mass is 10.0. The van der Waals surface area contributed by atoms with Crippen LogP contribution in [0.4, 0.5) is 0 Å². The first kappa shape index (κ1) is 12.9. The highest BCUT2D eigenvalue weighted by Gasteiger charge is 2.14. The second kappa shape index (κ2) is 4.78. The molecule has 0 radical (unpaired) electrons. The summed E-state index contributed by atoms with van der Waals surface area (Å²) in [6, 6.07) is 6.53. The average Bonchev–Trinajstić information content (AvgIpc) is 2.94. The lowest BCUT2D eigenvalue weighted by molar-refractivity contribution is 0.0996. The summed E-state index contributed by atoms with van der Waals surface area (Å²) in [5, 5.41) is 17.2. The molecule has 0 fully saturated rings. The van der Waals surface area contributed by atoms with Crippen molar-refractivity contribution in [2.75, 3.05) is 7.11 Å². The SMILES string of the molecule is COc1ccc(-c2cc(C(N)=O)nc3[nH]ncc23)cc1O. The lowest BCUT2D eigenvalue weighted by Gasteiger charge is -2.08. The number of ether oxygens (including phenoxy) is 1. The van der Waals surface area contributed by atoms with Gasteiger partial charge < -0.3 is 15.6 Å². The van der Waals surface area contributed by atoms with Gasteiger partial charge in [-0.15, -0.1) is 0 Å². The maximum Gasteiger partial charge on any atom is 0.267 e. The topological polar surface area (TPSA) is 114 Å². The molecule has 7 nitrogen and oxygen atoms in total. The zero-order valence-corrected chi connectivity index (χ0v) is 11.1. The summed E-state index contributed by atoms with van der Waals surface area (Å²) in [4.78, 5) is 15.5. The summed E-state index contributed by atoms with van der Waals surface area (Å²) < 4.78 is 5.02. The van der Waals surface area contributed by atoms with E-state index in [1.807, 2.05) is 0 Å². The Hall–Kier alpha value is -3.09. The van der Waals surface area contributed by atoms with Crippen molar-refractivity contribution in [3.63, 3.8) is 0 Å². The Morgan fingerprint density at radius 2 is 2.19 bits per heavy atom. The molecule has 0 saturated carbocycles. The van der Waals surface area contributed by atoms with Gasteiger partial charge in [0.1, 0.15) is 5.69 Å². The van der Waals surface area contributed by atoms with Crippen molar-refractivity contribution in [1.82, 2.24) is 15.2 Å². The number of carbonyl (C=O) groups excluding carboxylic acids is 1. The zero-order valence-electron chi connectivity index (χ0n) is 11.1. The minimum atomic E-state index is -0.634. The summed E-state index contributed by atoms with van der Waals surface area (Å²) in [5.74, 6) is -0.263. The van der Waals surface area contributed by atoms with Crippen LogP contribution in [0.3, 0.4) is 0 Å². The molecule has 0 spiro atoms. The number of aromatic amines is 1. The van der Waals surface area contributed by atoms with Crippen molar-refractivity contribution in [2.45, 2.75) is 0 Å². The van der Waals surface area contributed by atoms with Crippen molar-refractivity contribution >= 4 is 16.9 Å². The van der Waals surface area contributed by atoms with Gasteiger partial charge in [-0.2, -0.15) is 5.10 Å². The third-order valence-corrected chi connectivity index (χ3v) is 3.17. The number of nitrogens with two attached hydrogens (primary N) is 1. The molecule has 0 aliphatic rings. The number of phenols is 1. The standard InChI is InChI=1S/C14H12N4O3/c1-21-12-3-2-7(4-11(12)19)8-5-10(13(15)20)17-14-9(8)6-16-18-14/h2-6,19H,1H3,(H2,15,20)(H,16,17,18). The minimum Gasteiger partial charge on any atom is -0.504 e. The van der Waals surface area contributed by atoms with Crippen LogP contribution in [0.2, 0.25) is 0 Å². The Morgan fingerprint density at radius 3 is 2.86 bits per heavy atom. The molecule has 7 heteroatoms. The lowest BCUT2D eigenvalue weighted by Crippen LogP contribution is -2.13. The van der Waals surface area contributed by atoms with Gasteiger partial charge >= 0.3 is 0 Å². The van der Waals surface area contributed by atoms with E-state index >= 15 is 0 Å². The highest BCUT2D eigenvalue weighted by Crippen LogP contribution is 2.34. The van der Waals surface area contributed by atoms with Gasteiger partial charge in [0.15, 0.2) is 17.1 Å². The molecule has 3 aromatic rings. The Morgan fingerprint density at radius 1 is 1.38 bits per heavy atom. The molecule has 2 heterocycles. The van der Waals surface area contributed by atoms with Gasteiger partial charge in [0.2, 0.25) is 0 Å². The van der Waals surface area contributed by atoms with Crippen molar-refractivity contribution in [2.24, 2.45) is 5.73 Å². The number of pyridine rings is 1.